The van der Waals surface area contributed by atoms with E-state index in [1.54, 1.807) is 0 Å². The van der Waals surface area contributed by atoms with E-state index in [0.29, 0.717) is 5.75 Å². The lowest BCUT2D eigenvalue weighted by Gasteiger charge is -2.14. The Labute approximate surface area is 98.4 Å². The van der Waals surface area contributed by atoms with Crippen molar-refractivity contribution in [3.8, 4) is 11.5 Å². The van der Waals surface area contributed by atoms with Crippen molar-refractivity contribution in [3.05, 3.63) is 24.0 Å². The molecule has 0 atom stereocenters. The van der Waals surface area contributed by atoms with E-state index in [0.717, 1.165) is 4.90 Å². The number of benzene rings is 1. The Morgan fingerprint density at radius 1 is 1.47 bits per heavy atom. The Kier molecular flexibility index (Phi) is 4.56. The third-order valence-corrected chi connectivity index (χ3v) is 2.14. The topological polar surface area (TPSA) is 59.0 Å². The van der Waals surface area contributed by atoms with E-state index in [2.05, 4.69) is 0 Å². The van der Waals surface area contributed by atoms with Crippen LogP contribution in [0.25, 0.3) is 0 Å². The minimum atomic E-state index is -1.03. The first-order chi connectivity index (χ1) is 8.04. The predicted molar refractivity (Wildman–Crippen MR) is 59.1 cm³/mol. The third kappa shape index (κ3) is 3.82. The van der Waals surface area contributed by atoms with E-state index in [1.807, 2.05) is 0 Å². The minimum Gasteiger partial charge on any atom is -0.493 e. The normalized spacial score (nSPS) is 9.82. The van der Waals surface area contributed by atoms with Crippen molar-refractivity contribution in [2.45, 2.75) is 0 Å². The number of carbonyl (C=O) groups is 1. The molecule has 0 aliphatic heterocycles. The molecule has 1 N–H and O–H groups in total. The zero-order chi connectivity index (χ0) is 12.8. The van der Waals surface area contributed by atoms with Crippen LogP contribution in [0, 0.1) is 5.82 Å². The van der Waals surface area contributed by atoms with Crippen molar-refractivity contribution in [1.29, 1.82) is 0 Å². The average molecular weight is 243 g/mol. The van der Waals surface area contributed by atoms with Crippen LogP contribution in [-0.4, -0.2) is 43.4 Å². The number of hydrogen-bond donors (Lipinski definition) is 1. The predicted octanol–water partition coefficient (Wildman–Crippen LogP) is 1.82. The van der Waals surface area contributed by atoms with Gasteiger partial charge in [-0.3, -0.25) is 0 Å². The molecule has 1 aromatic rings. The molecule has 0 aliphatic rings. The summed E-state index contributed by atoms with van der Waals surface area (Å²) in [5, 5.41) is 8.61. The molecule has 1 amide bonds. The maximum Gasteiger partial charge on any atom is 0.407 e. The molecule has 17 heavy (non-hydrogen) atoms. The van der Waals surface area contributed by atoms with E-state index >= 15 is 0 Å². The van der Waals surface area contributed by atoms with Gasteiger partial charge in [0.05, 0.1) is 13.7 Å². The highest BCUT2D eigenvalue weighted by atomic mass is 19.1. The number of carboxylic acid groups (broad SMARTS) is 1. The van der Waals surface area contributed by atoms with Gasteiger partial charge in [-0.15, -0.1) is 0 Å². The summed E-state index contributed by atoms with van der Waals surface area (Å²) in [5.41, 5.74) is 0. The molecule has 94 valence electrons. The molecule has 0 fully saturated rings. The van der Waals surface area contributed by atoms with Crippen LogP contribution in [-0.2, 0) is 0 Å². The van der Waals surface area contributed by atoms with E-state index in [9.17, 15) is 9.18 Å². The average Bonchev–Trinajstić information content (AvgIpc) is 2.30. The van der Waals surface area contributed by atoms with Gasteiger partial charge < -0.3 is 19.5 Å². The molecule has 0 bridgehead atoms. The molecule has 0 saturated heterocycles. The van der Waals surface area contributed by atoms with Crippen LogP contribution in [0.3, 0.4) is 0 Å². The number of likely N-dealkylation sites (N-methyl/N-ethyl adjacent to an activating group) is 1. The van der Waals surface area contributed by atoms with Crippen LogP contribution in [0.4, 0.5) is 9.18 Å². The summed E-state index contributed by atoms with van der Waals surface area (Å²) < 4.78 is 23.1. The Balaban J connectivity index is 2.54. The van der Waals surface area contributed by atoms with Gasteiger partial charge in [0.2, 0.25) is 0 Å². The van der Waals surface area contributed by atoms with Crippen molar-refractivity contribution >= 4 is 6.09 Å². The van der Waals surface area contributed by atoms with Crippen LogP contribution in [0.1, 0.15) is 0 Å². The molecule has 0 radical (unpaired) electrons. The molecular formula is C11H14FNO4. The van der Waals surface area contributed by atoms with Gasteiger partial charge in [-0.25, -0.2) is 9.18 Å². The lowest BCUT2D eigenvalue weighted by Crippen LogP contribution is -2.29. The van der Waals surface area contributed by atoms with Crippen LogP contribution in [0.5, 0.6) is 11.5 Å². The van der Waals surface area contributed by atoms with Gasteiger partial charge in [-0.1, -0.05) is 0 Å². The molecule has 5 nitrogen and oxygen atoms in total. The van der Waals surface area contributed by atoms with Crippen molar-refractivity contribution < 1.29 is 23.8 Å². The fourth-order valence-corrected chi connectivity index (χ4v) is 1.15. The van der Waals surface area contributed by atoms with Crippen molar-refractivity contribution in [3.63, 3.8) is 0 Å². The van der Waals surface area contributed by atoms with E-state index in [1.165, 1.54) is 32.4 Å². The van der Waals surface area contributed by atoms with Gasteiger partial charge in [0.15, 0.2) is 11.5 Å². The van der Waals surface area contributed by atoms with Crippen molar-refractivity contribution in [2.24, 2.45) is 0 Å². The molecular weight excluding hydrogens is 229 g/mol. The number of nitrogens with zero attached hydrogens (tertiary/aromatic N) is 1. The fraction of sp³-hybridized carbons (Fsp3) is 0.364. The molecule has 0 spiro atoms. The summed E-state index contributed by atoms with van der Waals surface area (Å²) in [5.74, 6) is 0.243. The number of amides is 1. The molecule has 0 aromatic heterocycles. The zero-order valence-corrected chi connectivity index (χ0v) is 9.64. The zero-order valence-electron chi connectivity index (χ0n) is 9.64. The highest BCUT2D eigenvalue weighted by molar-refractivity contribution is 5.64. The Bertz CT molecular complexity index is 397. The summed E-state index contributed by atoms with van der Waals surface area (Å²) in [6.07, 6.45) is -1.03. The highest BCUT2D eigenvalue weighted by Gasteiger charge is 2.08. The maximum atomic E-state index is 12.9. The maximum absolute atomic E-state index is 12.9. The second-order valence-corrected chi connectivity index (χ2v) is 3.35. The van der Waals surface area contributed by atoms with Crippen LogP contribution in [0.15, 0.2) is 18.2 Å². The van der Waals surface area contributed by atoms with Gasteiger partial charge >= 0.3 is 6.09 Å². The lowest BCUT2D eigenvalue weighted by molar-refractivity contribution is 0.146. The summed E-state index contributed by atoms with van der Waals surface area (Å²) in [6, 6.07) is 3.89. The largest absolute Gasteiger partial charge is 0.493 e. The molecule has 0 unspecified atom stereocenters. The molecule has 1 aromatic carbocycles. The van der Waals surface area contributed by atoms with E-state index < -0.39 is 11.9 Å². The first-order valence-electron chi connectivity index (χ1n) is 4.95. The number of methoxy groups -OCH3 is 1. The van der Waals surface area contributed by atoms with E-state index in [4.69, 9.17) is 14.6 Å². The minimum absolute atomic E-state index is 0.171. The van der Waals surface area contributed by atoms with Crippen molar-refractivity contribution in [2.75, 3.05) is 27.3 Å². The smallest absolute Gasteiger partial charge is 0.407 e. The Morgan fingerprint density at radius 2 is 2.18 bits per heavy atom. The summed E-state index contributed by atoms with van der Waals surface area (Å²) in [7, 11) is 2.85. The van der Waals surface area contributed by atoms with Crippen LogP contribution < -0.4 is 9.47 Å². The highest BCUT2D eigenvalue weighted by Crippen LogP contribution is 2.27. The summed E-state index contributed by atoms with van der Waals surface area (Å²) in [6.45, 7) is 0.390. The van der Waals surface area contributed by atoms with Gasteiger partial charge in [0.1, 0.15) is 12.4 Å². The fourth-order valence-electron chi connectivity index (χ4n) is 1.15. The lowest BCUT2D eigenvalue weighted by atomic mass is 10.3. The monoisotopic (exact) mass is 243 g/mol. The number of halogens is 1. The van der Waals surface area contributed by atoms with E-state index in [-0.39, 0.29) is 18.9 Å². The summed E-state index contributed by atoms with van der Waals surface area (Å²) in [4.78, 5) is 11.6. The summed E-state index contributed by atoms with van der Waals surface area (Å²) >= 11 is 0. The SMILES string of the molecule is COc1cc(F)ccc1OCCN(C)C(=O)O. The quantitative estimate of drug-likeness (QED) is 0.857. The second-order valence-electron chi connectivity index (χ2n) is 3.35. The van der Waals surface area contributed by atoms with Crippen LogP contribution >= 0.6 is 0 Å². The number of rotatable bonds is 5. The van der Waals surface area contributed by atoms with Gasteiger partial charge in [0, 0.05) is 13.1 Å². The molecule has 0 saturated carbocycles. The standard InChI is InChI=1S/C11H14FNO4/c1-13(11(14)15)5-6-17-9-4-3-8(12)7-10(9)16-2/h3-4,7H,5-6H2,1-2H3,(H,14,15). The Hall–Kier alpha value is -1.98. The van der Waals surface area contributed by atoms with Gasteiger partial charge in [-0.05, 0) is 12.1 Å². The second kappa shape index (κ2) is 5.93. The first kappa shape index (κ1) is 13.1. The third-order valence-electron chi connectivity index (χ3n) is 2.14. The molecule has 6 heteroatoms. The molecule has 1 rings (SSSR count). The van der Waals surface area contributed by atoms with Crippen molar-refractivity contribution in [1.82, 2.24) is 4.90 Å². The molecule has 0 aliphatic carbocycles. The number of hydrogen-bond acceptors (Lipinski definition) is 3. The van der Waals surface area contributed by atoms with Gasteiger partial charge in [-0.2, -0.15) is 0 Å². The first-order valence-corrected chi connectivity index (χ1v) is 4.95. The van der Waals surface area contributed by atoms with Crippen LogP contribution in [0.2, 0.25) is 0 Å². The van der Waals surface area contributed by atoms with Gasteiger partial charge in [0.25, 0.3) is 0 Å². The molecule has 0 heterocycles. The number of ether oxygens (including phenoxy) is 2. The Morgan fingerprint density at radius 3 is 2.76 bits per heavy atom.